The molecule has 24 heavy (non-hydrogen) atoms. The number of nitrogens with one attached hydrogen (secondary N) is 2. The van der Waals surface area contributed by atoms with Gasteiger partial charge in [0.05, 0.1) is 18.9 Å². The van der Waals surface area contributed by atoms with Crippen LogP contribution in [0.4, 0.5) is 5.69 Å². The van der Waals surface area contributed by atoms with E-state index in [-0.39, 0.29) is 6.04 Å². The molecule has 0 unspecified atom stereocenters. The smallest absolute Gasteiger partial charge is 0.313 e. The average Bonchev–Trinajstić information content (AvgIpc) is 3.13. The summed E-state index contributed by atoms with van der Waals surface area (Å²) in [5.41, 5.74) is 1.16. The molecule has 0 saturated heterocycles. The molecule has 2 N–H and O–H groups in total. The number of hydrogen-bond acceptors (Lipinski definition) is 5. The molecular formula is C17H21N3O4. The van der Waals surface area contributed by atoms with E-state index in [4.69, 9.17) is 9.15 Å². The van der Waals surface area contributed by atoms with Gasteiger partial charge >= 0.3 is 11.8 Å². The number of oxazole rings is 1. The maximum absolute atomic E-state index is 12.0. The van der Waals surface area contributed by atoms with Crippen LogP contribution in [-0.2, 0) is 9.59 Å². The Bertz CT molecular complexity index is 694. The molecule has 0 radical (unpaired) electrons. The number of ether oxygens (including phenoxy) is 1. The van der Waals surface area contributed by atoms with Crippen molar-refractivity contribution in [1.82, 2.24) is 10.3 Å². The zero-order chi connectivity index (χ0) is 17.5. The largest absolute Gasteiger partial charge is 0.496 e. The molecule has 0 aliphatic heterocycles. The van der Waals surface area contributed by atoms with Gasteiger partial charge in [-0.05, 0) is 25.0 Å². The Hall–Kier alpha value is -2.83. The molecule has 0 atom stereocenters. The summed E-state index contributed by atoms with van der Waals surface area (Å²) in [5.74, 6) is -0.306. The molecule has 1 aromatic carbocycles. The summed E-state index contributed by atoms with van der Waals surface area (Å²) in [5, 5.41) is 5.26. The van der Waals surface area contributed by atoms with Crippen LogP contribution in [0.1, 0.15) is 26.7 Å². The molecule has 0 aliphatic rings. The van der Waals surface area contributed by atoms with E-state index in [0.717, 1.165) is 12.8 Å². The van der Waals surface area contributed by atoms with Crippen molar-refractivity contribution in [3.05, 3.63) is 30.8 Å². The van der Waals surface area contributed by atoms with Gasteiger partial charge < -0.3 is 19.8 Å². The van der Waals surface area contributed by atoms with E-state index in [1.54, 1.807) is 24.4 Å². The number of benzene rings is 1. The normalized spacial score (nSPS) is 10.5. The third-order valence-electron chi connectivity index (χ3n) is 3.68. The number of amides is 2. The zero-order valence-electron chi connectivity index (χ0n) is 14.0. The quantitative estimate of drug-likeness (QED) is 0.794. The van der Waals surface area contributed by atoms with E-state index in [1.807, 2.05) is 13.8 Å². The van der Waals surface area contributed by atoms with Gasteiger partial charge in [-0.2, -0.15) is 0 Å². The zero-order valence-corrected chi connectivity index (χ0v) is 14.0. The van der Waals surface area contributed by atoms with E-state index in [0.29, 0.717) is 22.8 Å². The molecule has 0 fully saturated rings. The Labute approximate surface area is 140 Å². The fourth-order valence-corrected chi connectivity index (χ4v) is 2.25. The van der Waals surface area contributed by atoms with Crippen LogP contribution >= 0.6 is 0 Å². The lowest BCUT2D eigenvalue weighted by atomic mass is 10.1. The minimum absolute atomic E-state index is 0.00776. The van der Waals surface area contributed by atoms with Gasteiger partial charge in [0.25, 0.3) is 0 Å². The van der Waals surface area contributed by atoms with Crippen LogP contribution < -0.4 is 15.4 Å². The van der Waals surface area contributed by atoms with Crippen molar-refractivity contribution in [2.75, 3.05) is 12.4 Å². The minimum Gasteiger partial charge on any atom is -0.496 e. The highest BCUT2D eigenvalue weighted by atomic mass is 16.5. The first-order chi connectivity index (χ1) is 11.6. The first-order valence-electron chi connectivity index (χ1n) is 7.77. The summed E-state index contributed by atoms with van der Waals surface area (Å²) in [6.45, 7) is 3.92. The summed E-state index contributed by atoms with van der Waals surface area (Å²) in [6.07, 6.45) is 4.44. The van der Waals surface area contributed by atoms with Gasteiger partial charge in [-0.1, -0.05) is 13.8 Å². The molecule has 0 aliphatic carbocycles. The third-order valence-corrected chi connectivity index (χ3v) is 3.68. The summed E-state index contributed by atoms with van der Waals surface area (Å²) in [7, 11) is 1.51. The SMILES string of the molecule is CCC(CC)NC(=O)C(=O)Nc1ccc(-c2cnco2)c(OC)c1. The third kappa shape index (κ3) is 4.13. The van der Waals surface area contributed by atoms with E-state index < -0.39 is 11.8 Å². The second-order valence-corrected chi connectivity index (χ2v) is 5.22. The topological polar surface area (TPSA) is 93.5 Å². The van der Waals surface area contributed by atoms with Crippen LogP contribution in [0.25, 0.3) is 11.3 Å². The molecule has 128 valence electrons. The molecule has 7 heteroatoms. The first-order valence-corrected chi connectivity index (χ1v) is 7.77. The Kier molecular flexibility index (Phi) is 5.95. The van der Waals surface area contributed by atoms with Gasteiger partial charge in [-0.25, -0.2) is 4.98 Å². The number of hydrogen-bond donors (Lipinski definition) is 2. The number of carbonyl (C=O) groups is 2. The predicted octanol–water partition coefficient (Wildman–Crippen LogP) is 2.59. The number of carbonyl (C=O) groups excluding carboxylic acids is 2. The van der Waals surface area contributed by atoms with Gasteiger partial charge in [-0.3, -0.25) is 9.59 Å². The van der Waals surface area contributed by atoms with Crippen LogP contribution in [-0.4, -0.2) is 29.9 Å². The first kappa shape index (κ1) is 17.5. The van der Waals surface area contributed by atoms with Gasteiger partial charge in [0.2, 0.25) is 0 Å². The number of rotatable bonds is 6. The van der Waals surface area contributed by atoms with Gasteiger partial charge in [0.15, 0.2) is 12.2 Å². The van der Waals surface area contributed by atoms with Crippen LogP contribution in [0.2, 0.25) is 0 Å². The number of aromatic nitrogens is 1. The Morgan fingerprint density at radius 2 is 2.00 bits per heavy atom. The lowest BCUT2D eigenvalue weighted by Gasteiger charge is -2.14. The Morgan fingerprint density at radius 3 is 2.58 bits per heavy atom. The van der Waals surface area contributed by atoms with Crippen molar-refractivity contribution in [2.45, 2.75) is 32.7 Å². The highest BCUT2D eigenvalue weighted by Crippen LogP contribution is 2.32. The van der Waals surface area contributed by atoms with Crippen molar-refractivity contribution in [1.29, 1.82) is 0 Å². The fraction of sp³-hybridized carbons (Fsp3) is 0.353. The van der Waals surface area contributed by atoms with Crippen LogP contribution in [0.5, 0.6) is 5.75 Å². The summed E-state index contributed by atoms with van der Waals surface area (Å²) >= 11 is 0. The molecule has 2 amide bonds. The number of methoxy groups -OCH3 is 1. The Morgan fingerprint density at radius 1 is 1.25 bits per heavy atom. The van der Waals surface area contributed by atoms with E-state index in [1.165, 1.54) is 13.5 Å². The van der Waals surface area contributed by atoms with E-state index in [9.17, 15) is 9.59 Å². The van der Waals surface area contributed by atoms with Gasteiger partial charge in [-0.15, -0.1) is 0 Å². The lowest BCUT2D eigenvalue weighted by Crippen LogP contribution is -2.41. The molecule has 1 aromatic heterocycles. The Balaban J connectivity index is 2.10. The van der Waals surface area contributed by atoms with Gasteiger partial charge in [0.1, 0.15) is 5.75 Å². The molecule has 2 rings (SSSR count). The molecule has 0 spiro atoms. The van der Waals surface area contributed by atoms with Gasteiger partial charge in [0, 0.05) is 17.8 Å². The van der Waals surface area contributed by atoms with Crippen LogP contribution in [0.15, 0.2) is 35.2 Å². The summed E-state index contributed by atoms with van der Waals surface area (Å²) in [4.78, 5) is 27.8. The molecule has 0 saturated carbocycles. The van der Waals surface area contributed by atoms with Crippen LogP contribution in [0, 0.1) is 0 Å². The number of anilines is 1. The van der Waals surface area contributed by atoms with Crippen LogP contribution in [0.3, 0.4) is 0 Å². The second kappa shape index (κ2) is 8.14. The molecule has 2 aromatic rings. The van der Waals surface area contributed by atoms with Crippen molar-refractivity contribution in [2.24, 2.45) is 0 Å². The van der Waals surface area contributed by atoms with Crippen molar-refractivity contribution in [3.8, 4) is 17.1 Å². The monoisotopic (exact) mass is 331 g/mol. The fourth-order valence-electron chi connectivity index (χ4n) is 2.25. The van der Waals surface area contributed by atoms with E-state index >= 15 is 0 Å². The maximum atomic E-state index is 12.0. The van der Waals surface area contributed by atoms with Crippen molar-refractivity contribution >= 4 is 17.5 Å². The highest BCUT2D eigenvalue weighted by molar-refractivity contribution is 6.39. The second-order valence-electron chi connectivity index (χ2n) is 5.22. The van der Waals surface area contributed by atoms with Crippen molar-refractivity contribution < 1.29 is 18.7 Å². The van der Waals surface area contributed by atoms with Crippen molar-refractivity contribution in [3.63, 3.8) is 0 Å². The molecule has 1 heterocycles. The molecule has 7 nitrogen and oxygen atoms in total. The summed E-state index contributed by atoms with van der Waals surface area (Å²) < 4.78 is 10.6. The average molecular weight is 331 g/mol. The van der Waals surface area contributed by atoms with E-state index in [2.05, 4.69) is 15.6 Å². The minimum atomic E-state index is -0.712. The molecule has 0 bridgehead atoms. The summed E-state index contributed by atoms with van der Waals surface area (Å²) in [6, 6.07) is 5.02. The lowest BCUT2D eigenvalue weighted by molar-refractivity contribution is -0.136. The number of nitrogens with zero attached hydrogens (tertiary/aromatic N) is 1. The standard InChI is InChI=1S/C17H21N3O4/c1-4-11(5-2)19-16(21)17(22)20-12-6-7-13(14(8-12)23-3)15-9-18-10-24-15/h6-11H,4-5H2,1-3H3,(H,19,21)(H,20,22). The molecular weight excluding hydrogens is 310 g/mol. The highest BCUT2D eigenvalue weighted by Gasteiger charge is 2.18. The maximum Gasteiger partial charge on any atom is 0.313 e. The predicted molar refractivity (Wildman–Crippen MR) is 89.6 cm³/mol.